The maximum atomic E-state index is 12.1. The molecule has 2 N–H and O–H groups in total. The number of amides is 1. The van der Waals surface area contributed by atoms with Crippen molar-refractivity contribution >= 4 is 6.09 Å². The average Bonchev–Trinajstić information content (AvgIpc) is 2.86. The van der Waals surface area contributed by atoms with Gasteiger partial charge in [-0.05, 0) is 66.0 Å². The van der Waals surface area contributed by atoms with Crippen LogP contribution >= 0.6 is 0 Å². The normalized spacial score (nSPS) is 38.5. The maximum absolute atomic E-state index is 12.1. The molecule has 2 saturated heterocycles. The molecule has 3 aliphatic rings. The lowest BCUT2D eigenvalue weighted by Gasteiger charge is -2.47. The molecule has 0 spiro atoms. The molecule has 2 bridgehead atoms. The quantitative estimate of drug-likeness (QED) is 0.799. The Hall–Kier alpha value is -0.850. The lowest BCUT2D eigenvalue weighted by Crippen LogP contribution is -2.68. The molecule has 24 heavy (non-hydrogen) atoms. The van der Waals surface area contributed by atoms with Crippen molar-refractivity contribution in [1.82, 2.24) is 15.5 Å². The highest BCUT2D eigenvalue weighted by atomic mass is 16.6. The van der Waals surface area contributed by atoms with Crippen molar-refractivity contribution in [2.45, 2.75) is 76.8 Å². The number of alkyl carbamates (subject to hydrolysis) is 1. The Morgan fingerprint density at radius 3 is 2.67 bits per heavy atom. The molecule has 6 unspecified atom stereocenters. The predicted octanol–water partition coefficient (Wildman–Crippen LogP) is 1.74. The molecule has 6 heteroatoms. The Morgan fingerprint density at radius 1 is 1.21 bits per heavy atom. The number of carbonyl (C=O) groups is 1. The van der Waals surface area contributed by atoms with Crippen LogP contribution in [0.3, 0.4) is 0 Å². The molecule has 0 radical (unpaired) electrons. The van der Waals surface area contributed by atoms with Gasteiger partial charge in [-0.15, -0.1) is 0 Å². The summed E-state index contributed by atoms with van der Waals surface area (Å²) < 4.78 is 11.3. The van der Waals surface area contributed by atoms with E-state index in [0.717, 1.165) is 12.3 Å². The van der Waals surface area contributed by atoms with Crippen LogP contribution in [-0.2, 0) is 9.47 Å². The van der Waals surface area contributed by atoms with Crippen LogP contribution in [0.1, 0.15) is 47.0 Å². The fourth-order valence-corrected chi connectivity index (χ4v) is 4.24. The molecule has 1 amide bonds. The number of rotatable bonds is 5. The Morgan fingerprint density at radius 2 is 1.96 bits per heavy atom. The minimum atomic E-state index is -0.466. The summed E-state index contributed by atoms with van der Waals surface area (Å²) >= 11 is 0. The molecule has 3 fully saturated rings. The fourth-order valence-electron chi connectivity index (χ4n) is 4.24. The van der Waals surface area contributed by atoms with Gasteiger partial charge in [0.2, 0.25) is 0 Å². The highest BCUT2D eigenvalue weighted by Gasteiger charge is 2.46. The van der Waals surface area contributed by atoms with Crippen LogP contribution in [0.15, 0.2) is 0 Å². The Bertz CT molecular complexity index is 451. The predicted molar refractivity (Wildman–Crippen MR) is 93.1 cm³/mol. The standard InChI is InChI=1S/C18H33N3O3/c1-5-23-15-10-14(20-17(22)24-18(2,3)4)16(15)19-13-7-9-21-8-6-12(13)11-21/h12-16,19H,5-11H2,1-4H3,(H,20,22). The van der Waals surface area contributed by atoms with E-state index in [1.54, 1.807) is 0 Å². The van der Waals surface area contributed by atoms with Crippen molar-refractivity contribution < 1.29 is 14.3 Å². The Kier molecular flexibility index (Phi) is 5.37. The topological polar surface area (TPSA) is 62.8 Å². The molecule has 138 valence electrons. The number of hydrogen-bond acceptors (Lipinski definition) is 5. The van der Waals surface area contributed by atoms with Gasteiger partial charge in [0.25, 0.3) is 0 Å². The number of fused-ring (bicyclic) bond motifs is 2. The van der Waals surface area contributed by atoms with Gasteiger partial charge in [-0.25, -0.2) is 4.79 Å². The van der Waals surface area contributed by atoms with Gasteiger partial charge in [-0.3, -0.25) is 0 Å². The highest BCUT2D eigenvalue weighted by Crippen LogP contribution is 2.31. The summed E-state index contributed by atoms with van der Waals surface area (Å²) in [4.78, 5) is 14.6. The first-order valence-electron chi connectivity index (χ1n) is 9.45. The first kappa shape index (κ1) is 18.0. The van der Waals surface area contributed by atoms with Crippen LogP contribution in [-0.4, -0.2) is 67.1 Å². The summed E-state index contributed by atoms with van der Waals surface area (Å²) in [5, 5.41) is 6.84. The third-order valence-electron chi connectivity index (χ3n) is 5.44. The van der Waals surface area contributed by atoms with Gasteiger partial charge in [0.15, 0.2) is 0 Å². The molecule has 6 nitrogen and oxygen atoms in total. The summed E-state index contributed by atoms with van der Waals surface area (Å²) in [5.74, 6) is 0.740. The zero-order chi connectivity index (χ0) is 17.3. The minimum absolute atomic E-state index is 0.0934. The smallest absolute Gasteiger partial charge is 0.407 e. The number of nitrogens with one attached hydrogen (secondary N) is 2. The first-order chi connectivity index (χ1) is 11.4. The summed E-state index contributed by atoms with van der Waals surface area (Å²) in [5.41, 5.74) is -0.466. The van der Waals surface area contributed by atoms with Gasteiger partial charge in [0.1, 0.15) is 5.60 Å². The van der Waals surface area contributed by atoms with Crippen molar-refractivity contribution in [2.24, 2.45) is 5.92 Å². The van der Waals surface area contributed by atoms with Crippen molar-refractivity contribution in [1.29, 1.82) is 0 Å². The van der Waals surface area contributed by atoms with E-state index < -0.39 is 5.60 Å². The SMILES string of the molecule is CCOC1CC(NC(=O)OC(C)(C)C)C1NC1CCN2CCC1C2. The molecule has 0 aromatic heterocycles. The fraction of sp³-hybridized carbons (Fsp3) is 0.944. The van der Waals surface area contributed by atoms with Gasteiger partial charge in [0.05, 0.1) is 18.2 Å². The number of carbonyl (C=O) groups excluding carboxylic acids is 1. The molecular formula is C18H33N3O3. The lowest BCUT2D eigenvalue weighted by molar-refractivity contribution is -0.0499. The van der Waals surface area contributed by atoms with E-state index in [0.29, 0.717) is 12.6 Å². The molecular weight excluding hydrogens is 306 g/mol. The Labute approximate surface area is 145 Å². The van der Waals surface area contributed by atoms with E-state index in [2.05, 4.69) is 15.5 Å². The second-order valence-corrected chi connectivity index (χ2v) is 8.42. The first-order valence-corrected chi connectivity index (χ1v) is 9.45. The lowest BCUT2D eigenvalue weighted by atomic mass is 9.80. The molecule has 1 aliphatic carbocycles. The average molecular weight is 339 g/mol. The minimum Gasteiger partial charge on any atom is -0.444 e. The van der Waals surface area contributed by atoms with Gasteiger partial charge in [-0.2, -0.15) is 0 Å². The maximum Gasteiger partial charge on any atom is 0.407 e. The largest absolute Gasteiger partial charge is 0.444 e. The summed E-state index contributed by atoms with van der Waals surface area (Å²) in [6.45, 7) is 12.0. The Balaban J connectivity index is 1.55. The molecule has 6 atom stereocenters. The second kappa shape index (κ2) is 7.18. The van der Waals surface area contributed by atoms with Crippen molar-refractivity contribution in [2.75, 3.05) is 26.2 Å². The van der Waals surface area contributed by atoms with Gasteiger partial charge < -0.3 is 25.0 Å². The molecule has 3 rings (SSSR count). The van der Waals surface area contributed by atoms with Gasteiger partial charge in [-0.1, -0.05) is 0 Å². The van der Waals surface area contributed by atoms with Crippen molar-refractivity contribution in [3.05, 3.63) is 0 Å². The molecule has 2 heterocycles. The van der Waals surface area contributed by atoms with E-state index >= 15 is 0 Å². The van der Waals surface area contributed by atoms with Crippen LogP contribution in [0.2, 0.25) is 0 Å². The van der Waals surface area contributed by atoms with E-state index in [4.69, 9.17) is 9.47 Å². The van der Waals surface area contributed by atoms with Crippen molar-refractivity contribution in [3.8, 4) is 0 Å². The van der Waals surface area contributed by atoms with E-state index in [1.807, 2.05) is 27.7 Å². The molecule has 2 aliphatic heterocycles. The van der Waals surface area contributed by atoms with E-state index in [9.17, 15) is 4.79 Å². The number of hydrogen-bond donors (Lipinski definition) is 2. The summed E-state index contributed by atoms with van der Waals surface area (Å²) in [6, 6.07) is 0.824. The second-order valence-electron chi connectivity index (χ2n) is 8.42. The summed E-state index contributed by atoms with van der Waals surface area (Å²) in [7, 11) is 0. The number of ether oxygens (including phenoxy) is 2. The van der Waals surface area contributed by atoms with Crippen molar-refractivity contribution in [3.63, 3.8) is 0 Å². The van der Waals surface area contributed by atoms with Crippen LogP contribution in [0, 0.1) is 5.92 Å². The highest BCUT2D eigenvalue weighted by molar-refractivity contribution is 5.68. The molecule has 0 aromatic carbocycles. The zero-order valence-electron chi connectivity index (χ0n) is 15.5. The van der Waals surface area contributed by atoms with Crippen LogP contribution in [0.25, 0.3) is 0 Å². The van der Waals surface area contributed by atoms with E-state index in [-0.39, 0.29) is 24.3 Å². The van der Waals surface area contributed by atoms with Crippen LogP contribution in [0.5, 0.6) is 0 Å². The van der Waals surface area contributed by atoms with Gasteiger partial charge >= 0.3 is 6.09 Å². The van der Waals surface area contributed by atoms with E-state index in [1.165, 1.54) is 32.5 Å². The van der Waals surface area contributed by atoms with Crippen LogP contribution < -0.4 is 10.6 Å². The molecule has 1 saturated carbocycles. The van der Waals surface area contributed by atoms with Gasteiger partial charge in [0, 0.05) is 19.2 Å². The number of nitrogens with zero attached hydrogens (tertiary/aromatic N) is 1. The summed E-state index contributed by atoms with van der Waals surface area (Å²) in [6.07, 6.45) is 3.20. The number of piperidine rings is 1. The zero-order valence-corrected chi connectivity index (χ0v) is 15.5. The third-order valence-corrected chi connectivity index (χ3v) is 5.44. The molecule has 0 aromatic rings. The monoisotopic (exact) mass is 339 g/mol. The third kappa shape index (κ3) is 4.21. The van der Waals surface area contributed by atoms with Crippen LogP contribution in [0.4, 0.5) is 4.79 Å².